The second-order valence-corrected chi connectivity index (χ2v) is 7.46. The van der Waals surface area contributed by atoms with Crippen LogP contribution in [0.4, 0.5) is 13.6 Å². The topological polar surface area (TPSA) is 69.7 Å². The highest BCUT2D eigenvalue weighted by Gasteiger charge is 2.31. The lowest BCUT2D eigenvalue weighted by Gasteiger charge is -2.34. The highest BCUT2D eigenvalue weighted by molar-refractivity contribution is 7.91. The van der Waals surface area contributed by atoms with Crippen LogP contribution in [0.15, 0.2) is 0 Å². The highest BCUT2D eigenvalue weighted by atomic mass is 32.2. The summed E-state index contributed by atoms with van der Waals surface area (Å²) >= 11 is 0. The molecule has 1 unspecified atom stereocenters. The van der Waals surface area contributed by atoms with E-state index in [1.165, 1.54) is 0 Å². The first-order valence-corrected chi connectivity index (χ1v) is 8.44. The van der Waals surface area contributed by atoms with Crippen molar-refractivity contribution >= 4 is 15.9 Å². The number of carbonyl (C=O) groups is 1. The minimum absolute atomic E-state index is 0.00983. The second kappa shape index (κ2) is 6.21. The summed E-state index contributed by atoms with van der Waals surface area (Å²) < 4.78 is 47.1. The van der Waals surface area contributed by atoms with Crippen molar-refractivity contribution in [3.05, 3.63) is 0 Å². The van der Waals surface area contributed by atoms with Crippen LogP contribution in [0.25, 0.3) is 0 Å². The van der Waals surface area contributed by atoms with Gasteiger partial charge in [0.25, 0.3) is 6.43 Å². The molecule has 9 heteroatoms. The highest BCUT2D eigenvalue weighted by Crippen LogP contribution is 2.12. The average Bonchev–Trinajstić information content (AvgIpc) is 2.68. The number of piperazine rings is 1. The van der Waals surface area contributed by atoms with Gasteiger partial charge in [-0.1, -0.05) is 0 Å². The lowest BCUT2D eigenvalue weighted by atomic mass is 10.2. The predicted molar refractivity (Wildman–Crippen MR) is 69.6 cm³/mol. The van der Waals surface area contributed by atoms with Gasteiger partial charge in [0, 0.05) is 32.2 Å². The van der Waals surface area contributed by atoms with Crippen molar-refractivity contribution in [2.75, 3.05) is 44.2 Å². The van der Waals surface area contributed by atoms with Crippen LogP contribution < -0.4 is 5.32 Å². The van der Waals surface area contributed by atoms with Crippen LogP contribution >= 0.6 is 0 Å². The van der Waals surface area contributed by atoms with Gasteiger partial charge in [0.2, 0.25) is 0 Å². The molecular weight excluding hydrogens is 292 g/mol. The lowest BCUT2D eigenvalue weighted by Crippen LogP contribution is -2.54. The largest absolute Gasteiger partial charge is 0.334 e. The van der Waals surface area contributed by atoms with Crippen LogP contribution in [0.2, 0.25) is 0 Å². The number of nitrogens with zero attached hydrogens (tertiary/aromatic N) is 2. The lowest BCUT2D eigenvalue weighted by molar-refractivity contribution is 0.0634. The number of urea groups is 1. The molecule has 0 bridgehead atoms. The van der Waals surface area contributed by atoms with Crippen molar-refractivity contribution in [1.29, 1.82) is 0 Å². The number of amides is 2. The number of nitrogens with one attached hydrogen (secondary N) is 1. The minimum Gasteiger partial charge on any atom is -0.334 e. The first-order valence-electron chi connectivity index (χ1n) is 6.62. The molecule has 20 heavy (non-hydrogen) atoms. The molecule has 1 atom stereocenters. The van der Waals surface area contributed by atoms with Crippen LogP contribution in [-0.2, 0) is 9.84 Å². The molecule has 0 spiro atoms. The third-order valence-electron chi connectivity index (χ3n) is 3.62. The zero-order valence-electron chi connectivity index (χ0n) is 11.1. The Bertz CT molecular complexity index is 450. The smallest absolute Gasteiger partial charge is 0.317 e. The molecule has 0 aromatic rings. The molecule has 0 saturated carbocycles. The third-order valence-corrected chi connectivity index (χ3v) is 5.38. The van der Waals surface area contributed by atoms with E-state index in [2.05, 4.69) is 5.32 Å². The molecular formula is C11H19F2N3O3S. The van der Waals surface area contributed by atoms with Crippen molar-refractivity contribution in [1.82, 2.24) is 15.1 Å². The number of rotatable bonds is 3. The quantitative estimate of drug-likeness (QED) is 0.781. The number of alkyl halides is 2. The molecule has 2 amide bonds. The Morgan fingerprint density at radius 2 is 1.90 bits per heavy atom. The summed E-state index contributed by atoms with van der Waals surface area (Å²) in [6.07, 6.45) is -1.92. The summed E-state index contributed by atoms with van der Waals surface area (Å²) in [5.74, 6) is 0.101. The fourth-order valence-corrected chi connectivity index (χ4v) is 4.18. The van der Waals surface area contributed by atoms with Gasteiger partial charge in [0.1, 0.15) is 0 Å². The zero-order chi connectivity index (χ0) is 14.8. The maximum atomic E-state index is 12.2. The van der Waals surface area contributed by atoms with E-state index in [0.717, 1.165) is 0 Å². The van der Waals surface area contributed by atoms with Gasteiger partial charge in [-0.15, -0.1) is 0 Å². The fourth-order valence-electron chi connectivity index (χ4n) is 2.50. The van der Waals surface area contributed by atoms with Crippen LogP contribution in [0.5, 0.6) is 0 Å². The Morgan fingerprint density at radius 3 is 2.40 bits per heavy atom. The third kappa shape index (κ3) is 4.27. The van der Waals surface area contributed by atoms with Crippen molar-refractivity contribution < 1.29 is 22.0 Å². The summed E-state index contributed by atoms with van der Waals surface area (Å²) in [6.45, 7) is 1.34. The Balaban J connectivity index is 1.75. The van der Waals surface area contributed by atoms with Gasteiger partial charge in [0.05, 0.1) is 18.1 Å². The van der Waals surface area contributed by atoms with Crippen molar-refractivity contribution in [2.24, 2.45) is 0 Å². The Kier molecular flexibility index (Phi) is 4.79. The van der Waals surface area contributed by atoms with Crippen LogP contribution in [0.1, 0.15) is 6.42 Å². The van der Waals surface area contributed by atoms with Gasteiger partial charge in [-0.25, -0.2) is 22.0 Å². The molecule has 2 fully saturated rings. The first-order chi connectivity index (χ1) is 9.35. The second-order valence-electron chi connectivity index (χ2n) is 5.23. The van der Waals surface area contributed by atoms with Gasteiger partial charge in [-0.2, -0.15) is 0 Å². The Hall–Kier alpha value is -0.960. The summed E-state index contributed by atoms with van der Waals surface area (Å²) in [6, 6.07) is -0.629. The van der Waals surface area contributed by atoms with E-state index in [0.29, 0.717) is 32.6 Å². The monoisotopic (exact) mass is 311 g/mol. The first kappa shape index (κ1) is 15.4. The number of carbonyl (C=O) groups excluding carboxylic acids is 1. The maximum absolute atomic E-state index is 12.2. The Morgan fingerprint density at radius 1 is 1.25 bits per heavy atom. The van der Waals surface area contributed by atoms with E-state index in [4.69, 9.17) is 0 Å². The molecule has 0 radical (unpaired) electrons. The summed E-state index contributed by atoms with van der Waals surface area (Å²) in [5.41, 5.74) is 0. The normalized spacial score (nSPS) is 26.9. The molecule has 2 heterocycles. The molecule has 2 saturated heterocycles. The molecule has 116 valence electrons. The SMILES string of the molecule is O=C(NC1CCS(=O)(=O)C1)N1CCN(CC(F)F)CC1. The predicted octanol–water partition coefficient (Wildman–Crippen LogP) is -0.234. The number of halogens is 2. The van der Waals surface area contributed by atoms with Crippen LogP contribution in [0, 0.1) is 0 Å². The van der Waals surface area contributed by atoms with E-state index < -0.39 is 16.3 Å². The van der Waals surface area contributed by atoms with Gasteiger partial charge in [-0.05, 0) is 6.42 Å². The zero-order valence-corrected chi connectivity index (χ0v) is 11.9. The molecule has 0 aliphatic carbocycles. The molecule has 2 rings (SSSR count). The van der Waals surface area contributed by atoms with Crippen molar-refractivity contribution in [3.63, 3.8) is 0 Å². The van der Waals surface area contributed by atoms with Gasteiger partial charge in [0.15, 0.2) is 9.84 Å². The summed E-state index contributed by atoms with van der Waals surface area (Å²) in [5, 5.41) is 2.70. The number of hydrogen-bond donors (Lipinski definition) is 1. The van der Waals surface area contributed by atoms with E-state index >= 15 is 0 Å². The van der Waals surface area contributed by atoms with Crippen LogP contribution in [-0.4, -0.2) is 80.9 Å². The molecule has 0 aromatic carbocycles. The van der Waals surface area contributed by atoms with E-state index in [-0.39, 0.29) is 30.1 Å². The van der Waals surface area contributed by atoms with Crippen molar-refractivity contribution in [2.45, 2.75) is 18.9 Å². The van der Waals surface area contributed by atoms with E-state index in [1.54, 1.807) is 9.80 Å². The molecule has 6 nitrogen and oxygen atoms in total. The van der Waals surface area contributed by atoms with Gasteiger partial charge in [-0.3, -0.25) is 4.90 Å². The average molecular weight is 311 g/mol. The number of sulfone groups is 1. The summed E-state index contributed by atoms with van der Waals surface area (Å²) in [4.78, 5) is 15.1. The molecule has 1 N–H and O–H groups in total. The van der Waals surface area contributed by atoms with E-state index in [1.807, 2.05) is 0 Å². The summed E-state index contributed by atoms with van der Waals surface area (Å²) in [7, 11) is -3.02. The van der Waals surface area contributed by atoms with Crippen molar-refractivity contribution in [3.8, 4) is 0 Å². The Labute approximate surface area is 117 Å². The maximum Gasteiger partial charge on any atom is 0.317 e. The molecule has 0 aromatic heterocycles. The van der Waals surface area contributed by atoms with Crippen LogP contribution in [0.3, 0.4) is 0 Å². The van der Waals surface area contributed by atoms with Gasteiger partial charge >= 0.3 is 6.03 Å². The standard InChI is InChI=1S/C11H19F2N3O3S/c12-10(13)7-15-2-4-16(5-3-15)11(17)14-9-1-6-20(18,19)8-9/h9-10H,1-8H2,(H,14,17). The minimum atomic E-state index is -3.02. The van der Waals surface area contributed by atoms with E-state index in [9.17, 15) is 22.0 Å². The van der Waals surface area contributed by atoms with Gasteiger partial charge < -0.3 is 10.2 Å². The fraction of sp³-hybridized carbons (Fsp3) is 0.909. The molecule has 2 aliphatic heterocycles. The molecule has 2 aliphatic rings. The number of hydrogen-bond acceptors (Lipinski definition) is 4.